The fourth-order valence-electron chi connectivity index (χ4n) is 6.47. The lowest BCUT2D eigenvalue weighted by atomic mass is 10.0. The van der Waals surface area contributed by atoms with Crippen LogP contribution in [0.25, 0.3) is 16.8 Å². The third-order valence-electron chi connectivity index (χ3n) is 9.26. The highest BCUT2D eigenvalue weighted by Crippen LogP contribution is 2.30. The lowest BCUT2D eigenvalue weighted by Gasteiger charge is -2.19. The second-order valence-corrected chi connectivity index (χ2v) is 13.3. The predicted octanol–water partition coefficient (Wildman–Crippen LogP) is 7.13. The van der Waals surface area contributed by atoms with Gasteiger partial charge in [-0.05, 0) is 73.8 Å². The van der Waals surface area contributed by atoms with Gasteiger partial charge in [-0.25, -0.2) is 4.39 Å². The van der Waals surface area contributed by atoms with Crippen LogP contribution in [0.3, 0.4) is 0 Å². The fourth-order valence-corrected chi connectivity index (χ4v) is 6.47. The number of anilines is 1. The number of carbonyl (C=O) groups excluding carboxylic acids is 2. The maximum Gasteiger partial charge on any atom is 0.270 e. The summed E-state index contributed by atoms with van der Waals surface area (Å²) in [5.74, 6) is -0.913. The van der Waals surface area contributed by atoms with Crippen molar-refractivity contribution < 1.29 is 14.0 Å². The molecule has 0 saturated carbocycles. The number of hydrogen-bond acceptors (Lipinski definition) is 5. The topological polar surface area (TPSA) is 101 Å². The minimum Gasteiger partial charge on any atom is -0.352 e. The van der Waals surface area contributed by atoms with E-state index in [2.05, 4.69) is 20.5 Å². The molecule has 0 aliphatic heterocycles. The van der Waals surface area contributed by atoms with Crippen LogP contribution in [0, 0.1) is 5.82 Å². The summed E-state index contributed by atoms with van der Waals surface area (Å²) in [6, 6.07) is 31.8. The smallest absolute Gasteiger partial charge is 0.270 e. The summed E-state index contributed by atoms with van der Waals surface area (Å²) in [6.07, 6.45) is 6.69. The average Bonchev–Trinajstić information content (AvgIpc) is 3.55. The number of pyridine rings is 1. The molecule has 0 bridgehead atoms. The van der Waals surface area contributed by atoms with Gasteiger partial charge in [-0.1, -0.05) is 73.7 Å². The van der Waals surface area contributed by atoms with E-state index >= 15 is 4.39 Å². The molecule has 6 aromatic rings. The highest BCUT2D eigenvalue weighted by atomic mass is 19.1. The zero-order valence-corrected chi connectivity index (χ0v) is 30.2. The second-order valence-electron chi connectivity index (χ2n) is 13.3. The third kappa shape index (κ3) is 9.33. The Bertz CT molecular complexity index is 2220. The van der Waals surface area contributed by atoms with E-state index in [0.29, 0.717) is 61.5 Å². The second kappa shape index (κ2) is 17.6. The van der Waals surface area contributed by atoms with Crippen LogP contribution in [0.1, 0.15) is 59.1 Å². The molecule has 3 aromatic carbocycles. The number of nitrogens with zero attached hydrogens (tertiary/aromatic N) is 4. The predicted molar refractivity (Wildman–Crippen MR) is 208 cm³/mol. The van der Waals surface area contributed by atoms with E-state index in [1.165, 1.54) is 11.6 Å². The van der Waals surface area contributed by atoms with Crippen molar-refractivity contribution >= 4 is 23.1 Å². The number of fused-ring (bicyclic) bond motifs is 1. The number of aromatic nitrogens is 3. The van der Waals surface area contributed by atoms with Gasteiger partial charge in [-0.3, -0.25) is 23.8 Å². The molecule has 0 radical (unpaired) electrons. The molecule has 0 fully saturated rings. The monoisotopic (exact) mass is 712 g/mol. The first-order chi connectivity index (χ1) is 25.8. The summed E-state index contributed by atoms with van der Waals surface area (Å²) in [7, 11) is 1.99. The molecule has 0 saturated heterocycles. The van der Waals surface area contributed by atoms with Crippen molar-refractivity contribution in [2.45, 2.75) is 52.1 Å². The van der Waals surface area contributed by atoms with E-state index < -0.39 is 11.5 Å². The van der Waals surface area contributed by atoms with Gasteiger partial charge < -0.3 is 20.1 Å². The molecule has 0 aliphatic rings. The Balaban J connectivity index is 1.41. The summed E-state index contributed by atoms with van der Waals surface area (Å²) in [6.45, 7) is 3.49. The molecule has 0 spiro atoms. The minimum atomic E-state index is -0.482. The van der Waals surface area contributed by atoms with Crippen LogP contribution in [-0.2, 0) is 30.7 Å². The number of halogens is 1. The van der Waals surface area contributed by atoms with Crippen LogP contribution in [0.2, 0.25) is 0 Å². The zero-order chi connectivity index (χ0) is 37.2. The number of aryl methyl sites for hydroxylation is 1. The Labute approximate surface area is 309 Å². The Morgan fingerprint density at radius 1 is 0.906 bits per heavy atom. The number of carbonyl (C=O) groups is 2. The van der Waals surface area contributed by atoms with Crippen LogP contribution < -0.4 is 16.2 Å². The lowest BCUT2D eigenvalue weighted by Crippen LogP contribution is -2.34. The van der Waals surface area contributed by atoms with Crippen molar-refractivity contribution in [3.05, 3.63) is 160 Å². The number of likely N-dealkylation sites (N-methyl/N-ethyl adjacent to an activating group) is 1. The van der Waals surface area contributed by atoms with Crippen molar-refractivity contribution in [1.82, 2.24) is 24.2 Å². The quantitative estimate of drug-likeness (QED) is 0.104. The summed E-state index contributed by atoms with van der Waals surface area (Å²) in [4.78, 5) is 47.1. The zero-order valence-electron chi connectivity index (χ0n) is 30.2. The number of hydrogen-bond donors (Lipinski definition) is 2. The first kappa shape index (κ1) is 36.9. The lowest BCUT2D eigenvalue weighted by molar-refractivity contribution is -0.116. The first-order valence-electron chi connectivity index (χ1n) is 18.1. The van der Waals surface area contributed by atoms with Crippen LogP contribution in [0.5, 0.6) is 0 Å². The van der Waals surface area contributed by atoms with E-state index in [-0.39, 0.29) is 23.8 Å². The van der Waals surface area contributed by atoms with E-state index in [0.717, 1.165) is 29.7 Å². The molecule has 3 heterocycles. The SMILES string of the molecule is CCCC(=O)Nc1ccc(-c2cc3n(Cc4ccccc4F)cc(C(=O)NCCCc4ccccc4)c(=O)n3c2CN(C)CCc2ccccn2)cc1. The number of rotatable bonds is 16. The van der Waals surface area contributed by atoms with E-state index in [9.17, 15) is 14.4 Å². The molecule has 53 heavy (non-hydrogen) atoms. The van der Waals surface area contributed by atoms with Crippen LogP contribution in [0.4, 0.5) is 10.1 Å². The Kier molecular flexibility index (Phi) is 12.2. The van der Waals surface area contributed by atoms with Crippen LogP contribution in [0.15, 0.2) is 120 Å². The fraction of sp³-hybridized carbons (Fsp3) is 0.256. The van der Waals surface area contributed by atoms with Crippen molar-refractivity contribution in [3.8, 4) is 11.1 Å². The van der Waals surface area contributed by atoms with Gasteiger partial charge in [-0.2, -0.15) is 0 Å². The maximum atomic E-state index is 15.1. The molecule has 0 atom stereocenters. The summed E-state index contributed by atoms with van der Waals surface area (Å²) >= 11 is 0. The van der Waals surface area contributed by atoms with Crippen molar-refractivity contribution in [1.29, 1.82) is 0 Å². The highest BCUT2D eigenvalue weighted by molar-refractivity contribution is 5.94. The van der Waals surface area contributed by atoms with Gasteiger partial charge in [0, 0.05) is 73.1 Å². The van der Waals surface area contributed by atoms with E-state index in [4.69, 9.17) is 0 Å². The van der Waals surface area contributed by atoms with Crippen molar-refractivity contribution in [2.75, 3.05) is 25.5 Å². The van der Waals surface area contributed by atoms with Crippen molar-refractivity contribution in [2.24, 2.45) is 0 Å². The molecule has 6 rings (SSSR count). The van der Waals surface area contributed by atoms with Gasteiger partial charge in [0.05, 0.1) is 6.54 Å². The summed E-state index contributed by atoms with van der Waals surface area (Å²) < 4.78 is 18.5. The molecule has 0 unspecified atom stereocenters. The Morgan fingerprint density at radius 3 is 2.40 bits per heavy atom. The number of benzene rings is 3. The third-order valence-corrected chi connectivity index (χ3v) is 9.26. The standard InChI is InChI=1S/C43H45FN6O3/c1-3-12-40(51)47-35-21-19-32(20-22-35)36-27-41-49(28-33-16-7-8-18-38(33)44)29-37(42(52)46-25-11-15-31-13-5-4-6-14-31)43(53)50(41)39(36)30-48(2)26-23-34-17-9-10-24-45-34/h4-10,13-14,16-22,24,27,29H,3,11-12,15,23,25-26,28,30H2,1-2H3,(H,46,52)(H,47,51). The Morgan fingerprint density at radius 2 is 1.66 bits per heavy atom. The molecule has 10 heteroatoms. The molecular formula is C43H45FN6O3. The minimum absolute atomic E-state index is 0.0259. The van der Waals surface area contributed by atoms with Gasteiger partial charge in [0.1, 0.15) is 17.0 Å². The summed E-state index contributed by atoms with van der Waals surface area (Å²) in [5.41, 5.74) is 5.60. The van der Waals surface area contributed by atoms with Crippen molar-refractivity contribution in [3.63, 3.8) is 0 Å². The maximum absolute atomic E-state index is 15.1. The number of nitrogens with one attached hydrogen (secondary N) is 2. The van der Waals surface area contributed by atoms with E-state index in [1.807, 2.05) is 92.8 Å². The summed E-state index contributed by atoms with van der Waals surface area (Å²) in [5, 5.41) is 5.89. The van der Waals surface area contributed by atoms with Gasteiger partial charge >= 0.3 is 0 Å². The first-order valence-corrected chi connectivity index (χ1v) is 18.1. The van der Waals surface area contributed by atoms with E-state index in [1.54, 1.807) is 39.6 Å². The van der Waals surface area contributed by atoms with Gasteiger partial charge in [0.2, 0.25) is 5.91 Å². The molecule has 3 aromatic heterocycles. The molecular weight excluding hydrogens is 668 g/mol. The van der Waals surface area contributed by atoms with Gasteiger partial charge in [0.15, 0.2) is 0 Å². The molecule has 2 amide bonds. The van der Waals surface area contributed by atoms with Crippen LogP contribution >= 0.6 is 0 Å². The molecule has 2 N–H and O–H groups in total. The molecule has 272 valence electrons. The molecule has 0 aliphatic carbocycles. The largest absolute Gasteiger partial charge is 0.352 e. The Hall–Kier alpha value is -5.87. The number of amides is 2. The highest BCUT2D eigenvalue weighted by Gasteiger charge is 2.23. The van der Waals surface area contributed by atoms with Gasteiger partial charge in [-0.15, -0.1) is 0 Å². The average molecular weight is 713 g/mol. The molecule has 9 nitrogen and oxygen atoms in total. The van der Waals surface area contributed by atoms with Crippen LogP contribution in [-0.4, -0.2) is 50.8 Å². The normalized spacial score (nSPS) is 11.2. The van der Waals surface area contributed by atoms with Gasteiger partial charge in [0.25, 0.3) is 11.5 Å².